The summed E-state index contributed by atoms with van der Waals surface area (Å²) in [6, 6.07) is 8.26. The van der Waals surface area contributed by atoms with Crippen molar-refractivity contribution in [2.45, 2.75) is 0 Å². The number of nitrogens with zero attached hydrogens (tertiary/aromatic N) is 1. The van der Waals surface area contributed by atoms with Crippen LogP contribution in [0.15, 0.2) is 40.9 Å². The Morgan fingerprint density at radius 3 is 2.52 bits per heavy atom. The van der Waals surface area contributed by atoms with Crippen molar-refractivity contribution in [2.75, 3.05) is 17.7 Å². The molecule has 2 N–H and O–H groups in total. The van der Waals surface area contributed by atoms with Crippen molar-refractivity contribution in [1.82, 2.24) is 0 Å². The number of nitrogens with one attached hydrogen (secondary N) is 2. The van der Waals surface area contributed by atoms with Crippen molar-refractivity contribution >= 4 is 50.6 Å². The Morgan fingerprint density at radius 2 is 1.91 bits per heavy atom. The van der Waals surface area contributed by atoms with Crippen molar-refractivity contribution in [3.8, 4) is 5.75 Å². The van der Waals surface area contributed by atoms with Gasteiger partial charge >= 0.3 is 6.03 Å². The van der Waals surface area contributed by atoms with E-state index in [1.54, 1.807) is 18.2 Å². The Labute approximate surface area is 144 Å². The maximum absolute atomic E-state index is 12.1. The average molecular weight is 401 g/mol. The van der Waals surface area contributed by atoms with Gasteiger partial charge in [-0.1, -0.05) is 27.5 Å². The first-order chi connectivity index (χ1) is 10.9. The van der Waals surface area contributed by atoms with Crippen LogP contribution in [0.4, 0.5) is 21.9 Å². The summed E-state index contributed by atoms with van der Waals surface area (Å²) in [7, 11) is 1.40. The summed E-state index contributed by atoms with van der Waals surface area (Å²) < 4.78 is 5.85. The molecule has 2 amide bonds. The SMILES string of the molecule is COc1ccc([N+](=O)[O-])cc1NC(=O)Nc1ccc(Br)cc1Cl. The summed E-state index contributed by atoms with van der Waals surface area (Å²) in [5.74, 6) is 0.299. The lowest BCUT2D eigenvalue weighted by molar-refractivity contribution is -0.384. The lowest BCUT2D eigenvalue weighted by Crippen LogP contribution is -2.20. The Morgan fingerprint density at radius 1 is 1.22 bits per heavy atom. The third kappa shape index (κ3) is 4.33. The molecule has 0 heterocycles. The number of carbonyl (C=O) groups excluding carboxylic acids is 1. The van der Waals surface area contributed by atoms with E-state index in [1.165, 1.54) is 25.3 Å². The zero-order chi connectivity index (χ0) is 17.0. The van der Waals surface area contributed by atoms with E-state index in [2.05, 4.69) is 26.6 Å². The number of rotatable bonds is 4. The van der Waals surface area contributed by atoms with E-state index >= 15 is 0 Å². The van der Waals surface area contributed by atoms with Crippen molar-refractivity contribution in [3.05, 3.63) is 56.0 Å². The number of amides is 2. The number of benzene rings is 2. The molecule has 120 valence electrons. The number of methoxy groups -OCH3 is 1. The molecule has 0 aromatic heterocycles. The molecular weight excluding hydrogens is 390 g/mol. The predicted octanol–water partition coefficient (Wildman–Crippen LogP) is 4.66. The number of anilines is 2. The summed E-state index contributed by atoms with van der Waals surface area (Å²) in [4.78, 5) is 22.3. The first kappa shape index (κ1) is 17.0. The van der Waals surface area contributed by atoms with E-state index in [4.69, 9.17) is 16.3 Å². The van der Waals surface area contributed by atoms with Gasteiger partial charge in [-0.2, -0.15) is 0 Å². The van der Waals surface area contributed by atoms with Crippen LogP contribution >= 0.6 is 27.5 Å². The minimum atomic E-state index is -0.604. The number of hydrogen-bond donors (Lipinski definition) is 2. The number of nitro benzene ring substituents is 1. The first-order valence-corrected chi connectivity index (χ1v) is 7.43. The monoisotopic (exact) mass is 399 g/mol. The normalized spacial score (nSPS) is 10.0. The number of ether oxygens (including phenoxy) is 1. The van der Waals surface area contributed by atoms with Crippen molar-refractivity contribution in [3.63, 3.8) is 0 Å². The van der Waals surface area contributed by atoms with Gasteiger partial charge in [0.2, 0.25) is 0 Å². The molecule has 0 aliphatic carbocycles. The summed E-state index contributed by atoms with van der Waals surface area (Å²) >= 11 is 9.28. The number of non-ortho nitro benzene ring substituents is 1. The first-order valence-electron chi connectivity index (χ1n) is 6.26. The summed E-state index contributed by atoms with van der Waals surface area (Å²) in [5.41, 5.74) is 0.409. The highest BCUT2D eigenvalue weighted by Crippen LogP contribution is 2.30. The maximum Gasteiger partial charge on any atom is 0.323 e. The van der Waals surface area contributed by atoms with Crippen LogP contribution in [0.2, 0.25) is 5.02 Å². The molecule has 2 aromatic carbocycles. The van der Waals surface area contributed by atoms with Crippen molar-refractivity contribution < 1.29 is 14.5 Å². The largest absolute Gasteiger partial charge is 0.495 e. The van der Waals surface area contributed by atoms with Gasteiger partial charge in [0, 0.05) is 16.6 Å². The van der Waals surface area contributed by atoms with Crippen LogP contribution in [0.5, 0.6) is 5.75 Å². The van der Waals surface area contributed by atoms with Gasteiger partial charge in [0.05, 0.1) is 28.4 Å². The smallest absolute Gasteiger partial charge is 0.323 e. The topological polar surface area (TPSA) is 93.5 Å². The summed E-state index contributed by atoms with van der Waals surface area (Å²) in [6.45, 7) is 0. The van der Waals surface area contributed by atoms with Gasteiger partial charge in [-0.3, -0.25) is 10.1 Å². The number of hydrogen-bond acceptors (Lipinski definition) is 4. The molecule has 0 aliphatic rings. The van der Waals surface area contributed by atoms with Gasteiger partial charge in [0.25, 0.3) is 5.69 Å². The lowest BCUT2D eigenvalue weighted by atomic mass is 10.2. The van der Waals surface area contributed by atoms with Gasteiger partial charge in [0.15, 0.2) is 0 Å². The molecule has 0 fully saturated rings. The Hall–Kier alpha value is -2.32. The molecule has 0 saturated carbocycles. The van der Waals surface area contributed by atoms with Crippen LogP contribution < -0.4 is 15.4 Å². The van der Waals surface area contributed by atoms with Crippen LogP contribution in [-0.4, -0.2) is 18.1 Å². The van der Waals surface area contributed by atoms with Crippen molar-refractivity contribution in [1.29, 1.82) is 0 Å². The average Bonchev–Trinajstić information content (AvgIpc) is 2.50. The minimum absolute atomic E-state index is 0.164. The van der Waals surface area contributed by atoms with Crippen LogP contribution in [0.3, 0.4) is 0 Å². The fraction of sp³-hybridized carbons (Fsp3) is 0.0714. The second-order valence-electron chi connectivity index (χ2n) is 4.34. The van der Waals surface area contributed by atoms with Crippen molar-refractivity contribution in [2.24, 2.45) is 0 Å². The molecule has 7 nitrogen and oxygen atoms in total. The number of urea groups is 1. The number of nitro groups is 1. The molecule has 0 saturated heterocycles. The molecule has 0 aliphatic heterocycles. The van der Waals surface area contributed by atoms with Crippen LogP contribution in [0, 0.1) is 10.1 Å². The summed E-state index contributed by atoms with van der Waals surface area (Å²) in [5, 5.41) is 16.2. The molecule has 0 unspecified atom stereocenters. The Kier molecular flexibility index (Phi) is 5.41. The molecule has 0 spiro atoms. The molecule has 0 atom stereocenters. The minimum Gasteiger partial charge on any atom is -0.495 e. The van der Waals surface area contributed by atoms with Crippen LogP contribution in [0.25, 0.3) is 0 Å². The highest BCUT2D eigenvalue weighted by Gasteiger charge is 2.14. The van der Waals surface area contributed by atoms with Crippen LogP contribution in [-0.2, 0) is 0 Å². The van der Waals surface area contributed by atoms with Gasteiger partial charge < -0.3 is 15.4 Å². The van der Waals surface area contributed by atoms with E-state index in [-0.39, 0.29) is 11.4 Å². The van der Waals surface area contributed by atoms with Gasteiger partial charge in [-0.25, -0.2) is 4.79 Å². The van der Waals surface area contributed by atoms with Crippen LogP contribution in [0.1, 0.15) is 0 Å². The summed E-state index contributed by atoms with van der Waals surface area (Å²) in [6.07, 6.45) is 0. The highest BCUT2D eigenvalue weighted by atomic mass is 79.9. The second-order valence-corrected chi connectivity index (χ2v) is 5.67. The van der Waals surface area contributed by atoms with Gasteiger partial charge in [-0.15, -0.1) is 0 Å². The maximum atomic E-state index is 12.1. The zero-order valence-electron chi connectivity index (χ0n) is 11.8. The third-order valence-corrected chi connectivity index (χ3v) is 3.63. The molecule has 9 heteroatoms. The van der Waals surface area contributed by atoms with E-state index in [9.17, 15) is 14.9 Å². The van der Waals surface area contributed by atoms with E-state index in [1.807, 2.05) is 0 Å². The molecule has 2 aromatic rings. The lowest BCUT2D eigenvalue weighted by Gasteiger charge is -2.12. The third-order valence-electron chi connectivity index (χ3n) is 2.82. The molecule has 2 rings (SSSR count). The Bertz CT molecular complexity index is 770. The fourth-order valence-electron chi connectivity index (χ4n) is 1.77. The highest BCUT2D eigenvalue weighted by molar-refractivity contribution is 9.10. The molecule has 23 heavy (non-hydrogen) atoms. The fourth-order valence-corrected chi connectivity index (χ4v) is 2.49. The molecular formula is C14H11BrClN3O4. The van der Waals surface area contributed by atoms with Gasteiger partial charge in [-0.05, 0) is 24.3 Å². The zero-order valence-corrected chi connectivity index (χ0v) is 14.1. The number of carbonyl (C=O) groups is 1. The standard InChI is InChI=1S/C14H11BrClN3O4/c1-23-13-5-3-9(19(21)22)7-12(13)18-14(20)17-11-4-2-8(15)6-10(11)16/h2-7H,1H3,(H2,17,18,20). The van der Waals surface area contributed by atoms with Gasteiger partial charge in [0.1, 0.15) is 5.75 Å². The molecule has 0 bridgehead atoms. The number of halogens is 2. The van der Waals surface area contributed by atoms with E-state index in [0.29, 0.717) is 16.5 Å². The van der Waals surface area contributed by atoms with E-state index in [0.717, 1.165) is 4.47 Å². The predicted molar refractivity (Wildman–Crippen MR) is 91.4 cm³/mol. The Balaban J connectivity index is 2.19. The van der Waals surface area contributed by atoms with E-state index < -0.39 is 11.0 Å². The quantitative estimate of drug-likeness (QED) is 0.576. The molecule has 0 radical (unpaired) electrons. The second kappa shape index (κ2) is 7.30.